The van der Waals surface area contributed by atoms with Crippen molar-refractivity contribution < 1.29 is 0 Å². The molecule has 0 aromatic rings. The molecule has 0 N–H and O–H groups in total. The highest BCUT2D eigenvalue weighted by Gasteiger charge is 2.44. The van der Waals surface area contributed by atoms with E-state index in [1.165, 1.54) is 11.8 Å². The smallest absolute Gasteiger partial charge is 0.0383 e. The Balaban J connectivity index is 2.19. The molecule has 0 aromatic carbocycles. The van der Waals surface area contributed by atoms with Crippen LogP contribution in [0.2, 0.25) is 0 Å². The zero-order chi connectivity index (χ0) is 3.28. The summed E-state index contributed by atoms with van der Waals surface area (Å²) in [5, 5.41) is 0. The summed E-state index contributed by atoms with van der Waals surface area (Å²) in [4.78, 5) is 0. The molecular formula is C5H8. The van der Waals surface area contributed by atoms with Gasteiger partial charge in [-0.15, -0.1) is 0 Å². The number of hydrogen-bond acceptors (Lipinski definition) is 0. The maximum Gasteiger partial charge on any atom is -0.0383 e. The van der Waals surface area contributed by atoms with Crippen molar-refractivity contribution >= 4 is 0 Å². The zero-order valence-corrected chi connectivity index (χ0v) is 3.28. The normalized spacial score (nSPS) is 57.6. The molecule has 2 aliphatic rings. The van der Waals surface area contributed by atoms with E-state index in [1.54, 1.807) is 19.3 Å². The standard InChI is InChI=1S/C5H8/c1-2-5-3-4(1)5/h4-5H,1-3H2/t4-,5?/m1/s1. The van der Waals surface area contributed by atoms with E-state index in [9.17, 15) is 0 Å². The van der Waals surface area contributed by atoms with Gasteiger partial charge < -0.3 is 0 Å². The van der Waals surface area contributed by atoms with Gasteiger partial charge in [-0.1, -0.05) is 0 Å². The van der Waals surface area contributed by atoms with Crippen molar-refractivity contribution in [3.05, 3.63) is 0 Å². The lowest BCUT2D eigenvalue weighted by Gasteiger charge is -2.04. The molecule has 2 saturated carbocycles. The minimum atomic E-state index is 1.23. The van der Waals surface area contributed by atoms with Crippen molar-refractivity contribution in [2.45, 2.75) is 19.3 Å². The number of fused-ring (bicyclic) bond motifs is 1. The van der Waals surface area contributed by atoms with Crippen molar-refractivity contribution in [2.24, 2.45) is 11.8 Å². The van der Waals surface area contributed by atoms with Crippen LogP contribution in [-0.2, 0) is 0 Å². The van der Waals surface area contributed by atoms with E-state index in [0.29, 0.717) is 0 Å². The van der Waals surface area contributed by atoms with E-state index in [1.807, 2.05) is 0 Å². The molecular weight excluding hydrogens is 60.1 g/mol. The van der Waals surface area contributed by atoms with E-state index in [2.05, 4.69) is 0 Å². The molecule has 0 aliphatic heterocycles. The third-order valence-corrected chi connectivity index (χ3v) is 1.98. The third-order valence-electron chi connectivity index (χ3n) is 1.98. The van der Waals surface area contributed by atoms with E-state index >= 15 is 0 Å². The highest BCUT2D eigenvalue weighted by Crippen LogP contribution is 2.55. The fourth-order valence-corrected chi connectivity index (χ4v) is 1.18. The van der Waals surface area contributed by atoms with Gasteiger partial charge in [0.15, 0.2) is 0 Å². The van der Waals surface area contributed by atoms with Gasteiger partial charge in [0.25, 0.3) is 0 Å². The van der Waals surface area contributed by atoms with Crippen LogP contribution in [0.15, 0.2) is 0 Å². The first-order valence-corrected chi connectivity index (χ1v) is 2.47. The van der Waals surface area contributed by atoms with Gasteiger partial charge in [0, 0.05) is 0 Å². The van der Waals surface area contributed by atoms with Gasteiger partial charge in [-0.25, -0.2) is 0 Å². The van der Waals surface area contributed by atoms with Crippen LogP contribution in [0.3, 0.4) is 0 Å². The SMILES string of the molecule is C1C[C@@H]2CC12. The Bertz CT molecular complexity index is 45.1. The van der Waals surface area contributed by atoms with E-state index in [4.69, 9.17) is 0 Å². The molecule has 2 rings (SSSR count). The van der Waals surface area contributed by atoms with Gasteiger partial charge in [0.05, 0.1) is 0 Å². The zero-order valence-electron chi connectivity index (χ0n) is 3.28. The van der Waals surface area contributed by atoms with Crippen molar-refractivity contribution in [3.63, 3.8) is 0 Å². The second-order valence-electron chi connectivity index (χ2n) is 2.33. The van der Waals surface area contributed by atoms with Crippen LogP contribution in [0.5, 0.6) is 0 Å². The van der Waals surface area contributed by atoms with Crippen LogP contribution in [-0.4, -0.2) is 0 Å². The molecule has 0 bridgehead atoms. The average Bonchev–Trinajstić information content (AvgIpc) is 1.74. The molecule has 0 nitrogen and oxygen atoms in total. The van der Waals surface area contributed by atoms with Crippen LogP contribution >= 0.6 is 0 Å². The number of hydrogen-bond donors (Lipinski definition) is 0. The van der Waals surface area contributed by atoms with Crippen LogP contribution in [0.1, 0.15) is 19.3 Å². The first kappa shape index (κ1) is 2.22. The fraction of sp³-hybridized carbons (Fsp3) is 1.00. The van der Waals surface area contributed by atoms with Crippen molar-refractivity contribution in [1.82, 2.24) is 0 Å². The van der Waals surface area contributed by atoms with Crippen LogP contribution in [0.4, 0.5) is 0 Å². The van der Waals surface area contributed by atoms with Gasteiger partial charge in [-0.2, -0.15) is 0 Å². The molecule has 28 valence electrons. The Morgan fingerprint density at radius 2 is 1.60 bits per heavy atom. The lowest BCUT2D eigenvalue weighted by atomic mass is 10.0. The van der Waals surface area contributed by atoms with Gasteiger partial charge in [-0.05, 0) is 31.1 Å². The Morgan fingerprint density at radius 3 is 1.60 bits per heavy atom. The maximum absolute atomic E-state index is 1.58. The summed E-state index contributed by atoms with van der Waals surface area (Å²) in [7, 11) is 0. The lowest BCUT2D eigenvalue weighted by molar-refractivity contribution is 0.468. The molecule has 0 heteroatoms. The van der Waals surface area contributed by atoms with E-state index < -0.39 is 0 Å². The molecule has 0 radical (unpaired) electrons. The monoisotopic (exact) mass is 68.1 g/mol. The van der Waals surface area contributed by atoms with Crippen LogP contribution < -0.4 is 0 Å². The summed E-state index contributed by atoms with van der Waals surface area (Å²) in [6, 6.07) is 0. The molecule has 0 saturated heterocycles. The highest BCUT2D eigenvalue weighted by atomic mass is 14.5. The quantitative estimate of drug-likeness (QED) is 0.402. The van der Waals surface area contributed by atoms with Gasteiger partial charge >= 0.3 is 0 Å². The molecule has 2 fully saturated rings. The molecule has 5 heavy (non-hydrogen) atoms. The summed E-state index contributed by atoms with van der Waals surface area (Å²) in [6.45, 7) is 0. The second-order valence-corrected chi connectivity index (χ2v) is 2.33. The molecule has 0 heterocycles. The predicted octanol–water partition coefficient (Wildman–Crippen LogP) is 1.42. The van der Waals surface area contributed by atoms with Gasteiger partial charge in [-0.3, -0.25) is 0 Å². The summed E-state index contributed by atoms with van der Waals surface area (Å²) >= 11 is 0. The topological polar surface area (TPSA) is 0 Å². The second kappa shape index (κ2) is 0.444. The Kier molecular flexibility index (Phi) is 0.198. The summed E-state index contributed by atoms with van der Waals surface area (Å²) in [5.74, 6) is 2.46. The average molecular weight is 68.1 g/mol. The molecule has 2 atom stereocenters. The Hall–Kier alpha value is 0. The van der Waals surface area contributed by atoms with Crippen molar-refractivity contribution in [3.8, 4) is 0 Å². The van der Waals surface area contributed by atoms with Crippen molar-refractivity contribution in [2.75, 3.05) is 0 Å². The molecule has 0 spiro atoms. The number of rotatable bonds is 0. The minimum Gasteiger partial charge on any atom is -0.0499 e. The molecule has 2 aliphatic carbocycles. The molecule has 1 unspecified atom stereocenters. The van der Waals surface area contributed by atoms with Gasteiger partial charge in [0.2, 0.25) is 0 Å². The van der Waals surface area contributed by atoms with Gasteiger partial charge in [0.1, 0.15) is 0 Å². The first-order chi connectivity index (χ1) is 2.47. The molecule has 0 aromatic heterocycles. The lowest BCUT2D eigenvalue weighted by Crippen LogP contribution is -1.93. The van der Waals surface area contributed by atoms with Crippen LogP contribution in [0.25, 0.3) is 0 Å². The van der Waals surface area contributed by atoms with E-state index in [0.717, 1.165) is 0 Å². The third kappa shape index (κ3) is 0.132. The minimum absolute atomic E-state index is 1.23. The predicted molar refractivity (Wildman–Crippen MR) is 20.8 cm³/mol. The summed E-state index contributed by atoms with van der Waals surface area (Å²) in [6.07, 6.45) is 4.70. The molecule has 0 amide bonds. The van der Waals surface area contributed by atoms with Crippen LogP contribution in [0, 0.1) is 11.8 Å². The maximum atomic E-state index is 1.58. The Labute approximate surface area is 32.2 Å². The fourth-order valence-electron chi connectivity index (χ4n) is 1.18. The first-order valence-electron chi connectivity index (χ1n) is 2.47. The summed E-state index contributed by atoms with van der Waals surface area (Å²) in [5.41, 5.74) is 0. The largest absolute Gasteiger partial charge is 0.0499 e. The highest BCUT2D eigenvalue weighted by molar-refractivity contribution is 4.95. The van der Waals surface area contributed by atoms with Crippen molar-refractivity contribution in [1.29, 1.82) is 0 Å². The van der Waals surface area contributed by atoms with E-state index in [-0.39, 0.29) is 0 Å². The summed E-state index contributed by atoms with van der Waals surface area (Å²) < 4.78 is 0. The Morgan fingerprint density at radius 1 is 1.00 bits per heavy atom.